The fourth-order valence-electron chi connectivity index (χ4n) is 3.80. The van der Waals surface area contributed by atoms with Crippen LogP contribution in [-0.4, -0.2) is 20.7 Å². The Morgan fingerprint density at radius 3 is 2.50 bits per heavy atom. The lowest BCUT2D eigenvalue weighted by Crippen LogP contribution is -2.10. The summed E-state index contributed by atoms with van der Waals surface area (Å²) in [7, 11) is 0. The monoisotopic (exact) mass is 521 g/mol. The molecule has 5 aromatic rings. The summed E-state index contributed by atoms with van der Waals surface area (Å²) in [5, 5.41) is 0. The van der Waals surface area contributed by atoms with Crippen molar-refractivity contribution in [2.24, 2.45) is 0 Å². The number of ether oxygens (including phenoxy) is 1. The second-order valence-electron chi connectivity index (χ2n) is 8.25. The molecule has 0 aliphatic rings. The number of pyridine rings is 1. The Morgan fingerprint density at radius 2 is 1.74 bits per heavy atom. The lowest BCUT2D eigenvalue weighted by molar-refractivity contribution is -0.137. The van der Waals surface area contributed by atoms with Gasteiger partial charge in [-0.25, -0.2) is 13.8 Å². The van der Waals surface area contributed by atoms with E-state index in [0.29, 0.717) is 22.3 Å². The number of ketones is 1. The highest BCUT2D eigenvalue weighted by atomic mass is 19.4. The van der Waals surface area contributed by atoms with Crippen LogP contribution in [0.3, 0.4) is 0 Å². The molecule has 0 aliphatic carbocycles. The second-order valence-corrected chi connectivity index (χ2v) is 8.25. The van der Waals surface area contributed by atoms with Gasteiger partial charge in [0.05, 0.1) is 34.1 Å². The van der Waals surface area contributed by atoms with Crippen molar-refractivity contribution in [2.45, 2.75) is 12.8 Å². The van der Waals surface area contributed by atoms with Crippen LogP contribution in [0.5, 0.6) is 5.75 Å². The Morgan fingerprint density at radius 1 is 0.895 bits per heavy atom. The van der Waals surface area contributed by atoms with Crippen molar-refractivity contribution in [3.63, 3.8) is 0 Å². The minimum Gasteiger partial charge on any atom is -0.486 e. The van der Waals surface area contributed by atoms with Gasteiger partial charge in [0.15, 0.2) is 17.3 Å². The molecular weight excluding hydrogens is 505 g/mol. The van der Waals surface area contributed by atoms with Gasteiger partial charge in [0.1, 0.15) is 12.4 Å². The average Bonchev–Trinajstić information content (AvgIpc) is 2.92. The summed E-state index contributed by atoms with van der Waals surface area (Å²) in [4.78, 5) is 26.0. The molecule has 3 aromatic carbocycles. The molecule has 0 saturated heterocycles. The van der Waals surface area contributed by atoms with Crippen molar-refractivity contribution >= 4 is 16.8 Å². The van der Waals surface area contributed by atoms with Gasteiger partial charge in [-0.05, 0) is 60.2 Å². The third kappa shape index (κ3) is 5.06. The third-order valence-electron chi connectivity index (χ3n) is 5.69. The zero-order valence-corrected chi connectivity index (χ0v) is 19.3. The molecule has 0 N–H and O–H groups in total. The molecule has 0 amide bonds. The Labute approximate surface area is 212 Å². The minimum atomic E-state index is -4.56. The van der Waals surface area contributed by atoms with E-state index in [0.717, 1.165) is 24.3 Å². The summed E-state index contributed by atoms with van der Waals surface area (Å²) in [6, 6.07) is 13.9. The Kier molecular flexibility index (Phi) is 6.54. The van der Waals surface area contributed by atoms with Crippen LogP contribution in [0.15, 0.2) is 85.3 Å². The quantitative estimate of drug-likeness (QED) is 0.182. The first kappa shape index (κ1) is 24.9. The second kappa shape index (κ2) is 9.97. The van der Waals surface area contributed by atoms with E-state index in [1.54, 1.807) is 30.7 Å². The van der Waals surface area contributed by atoms with Crippen molar-refractivity contribution < 1.29 is 31.5 Å². The van der Waals surface area contributed by atoms with Gasteiger partial charge in [-0.3, -0.25) is 14.8 Å². The fourth-order valence-corrected chi connectivity index (χ4v) is 3.80. The average molecular weight is 521 g/mol. The number of fused-ring (bicyclic) bond motifs is 1. The van der Waals surface area contributed by atoms with E-state index < -0.39 is 47.1 Å². The van der Waals surface area contributed by atoms with Crippen LogP contribution in [0.1, 0.15) is 27.0 Å². The van der Waals surface area contributed by atoms with E-state index in [2.05, 4.69) is 15.0 Å². The van der Waals surface area contributed by atoms with Crippen LogP contribution in [-0.2, 0) is 12.8 Å². The molecule has 0 radical (unpaired) electrons. The molecule has 0 atom stereocenters. The molecule has 5 rings (SSSR count). The highest BCUT2D eigenvalue weighted by Gasteiger charge is 2.30. The third-order valence-corrected chi connectivity index (χ3v) is 5.69. The van der Waals surface area contributed by atoms with Gasteiger partial charge in [-0.2, -0.15) is 13.2 Å². The number of hydrogen-bond donors (Lipinski definition) is 0. The van der Waals surface area contributed by atoms with E-state index in [9.17, 15) is 22.4 Å². The molecule has 0 spiro atoms. The van der Waals surface area contributed by atoms with Crippen LogP contribution in [0.25, 0.3) is 22.3 Å². The SMILES string of the molecule is O=C(c1ccc2ncc(-c3cccnc3)nc2c1)c1c(F)ccc(OCc2cccc(C(F)(F)F)c2)c1F. The first-order chi connectivity index (χ1) is 18.2. The van der Waals surface area contributed by atoms with Crippen molar-refractivity contribution in [1.29, 1.82) is 0 Å². The first-order valence-electron chi connectivity index (χ1n) is 11.2. The number of alkyl halides is 3. The van der Waals surface area contributed by atoms with Gasteiger partial charge in [-0.1, -0.05) is 12.1 Å². The number of halogens is 5. The maximum Gasteiger partial charge on any atom is 0.416 e. The maximum absolute atomic E-state index is 15.2. The number of aromatic nitrogens is 3. The van der Waals surface area contributed by atoms with Crippen molar-refractivity contribution in [3.05, 3.63) is 119 Å². The highest BCUT2D eigenvalue weighted by molar-refractivity contribution is 6.10. The molecule has 5 nitrogen and oxygen atoms in total. The summed E-state index contributed by atoms with van der Waals surface area (Å²) in [6.45, 7) is -0.428. The van der Waals surface area contributed by atoms with Crippen LogP contribution < -0.4 is 4.74 Å². The molecular formula is C28H16F5N3O2. The predicted molar refractivity (Wildman–Crippen MR) is 128 cm³/mol. The fraction of sp³-hybridized carbons (Fsp3) is 0.0714. The van der Waals surface area contributed by atoms with Crippen LogP contribution in [0.4, 0.5) is 22.0 Å². The molecule has 10 heteroatoms. The smallest absolute Gasteiger partial charge is 0.416 e. The normalized spacial score (nSPS) is 11.5. The Hall–Kier alpha value is -4.73. The van der Waals surface area contributed by atoms with Gasteiger partial charge in [0.2, 0.25) is 0 Å². The molecule has 0 unspecified atom stereocenters. The first-order valence-corrected chi connectivity index (χ1v) is 11.2. The van der Waals surface area contributed by atoms with Gasteiger partial charge in [0.25, 0.3) is 0 Å². The van der Waals surface area contributed by atoms with Crippen molar-refractivity contribution in [1.82, 2.24) is 15.0 Å². The molecule has 0 aliphatic heterocycles. The zero-order chi connectivity index (χ0) is 26.9. The zero-order valence-electron chi connectivity index (χ0n) is 19.3. The molecule has 38 heavy (non-hydrogen) atoms. The summed E-state index contributed by atoms with van der Waals surface area (Å²) < 4.78 is 74.1. The van der Waals surface area contributed by atoms with E-state index in [-0.39, 0.29) is 11.1 Å². The maximum atomic E-state index is 15.2. The number of carbonyl (C=O) groups is 1. The summed E-state index contributed by atoms with van der Waals surface area (Å²) in [6.07, 6.45) is 0.195. The van der Waals surface area contributed by atoms with Crippen molar-refractivity contribution in [2.75, 3.05) is 0 Å². The Bertz CT molecular complexity index is 1660. The standard InChI is InChI=1S/C28H16F5N3O2/c29-20-7-9-24(38-15-16-3-1-5-19(11-16)28(31,32)33)26(30)25(20)27(37)17-6-8-21-22(12-17)36-23(14-35-21)18-4-2-10-34-13-18/h1-14H,15H2. The van der Waals surface area contributed by atoms with Crippen LogP contribution >= 0.6 is 0 Å². The Balaban J connectivity index is 1.44. The number of carbonyl (C=O) groups excluding carboxylic acids is 1. The minimum absolute atomic E-state index is 0.0389. The van der Waals surface area contributed by atoms with E-state index in [4.69, 9.17) is 4.74 Å². The summed E-state index contributed by atoms with van der Waals surface area (Å²) in [5.74, 6) is -3.82. The largest absolute Gasteiger partial charge is 0.486 e. The number of nitrogens with zero attached hydrogens (tertiary/aromatic N) is 3. The predicted octanol–water partition coefficient (Wildman–Crippen LogP) is 6.80. The number of rotatable bonds is 6. The topological polar surface area (TPSA) is 65.0 Å². The molecule has 0 fully saturated rings. The highest BCUT2D eigenvalue weighted by Crippen LogP contribution is 2.31. The van der Waals surface area contributed by atoms with Gasteiger partial charge in [-0.15, -0.1) is 0 Å². The lowest BCUT2D eigenvalue weighted by atomic mass is 10.0. The molecule has 190 valence electrons. The lowest BCUT2D eigenvalue weighted by Gasteiger charge is -2.12. The van der Waals surface area contributed by atoms with Crippen LogP contribution in [0.2, 0.25) is 0 Å². The molecule has 0 saturated carbocycles. The van der Waals surface area contributed by atoms with E-state index in [1.165, 1.54) is 30.3 Å². The summed E-state index contributed by atoms with van der Waals surface area (Å²) >= 11 is 0. The van der Waals surface area contributed by atoms with E-state index >= 15 is 4.39 Å². The molecule has 2 aromatic heterocycles. The van der Waals surface area contributed by atoms with Crippen LogP contribution in [0, 0.1) is 11.6 Å². The van der Waals surface area contributed by atoms with Gasteiger partial charge >= 0.3 is 6.18 Å². The van der Waals surface area contributed by atoms with Crippen molar-refractivity contribution in [3.8, 4) is 17.0 Å². The number of hydrogen-bond acceptors (Lipinski definition) is 5. The summed E-state index contributed by atoms with van der Waals surface area (Å²) in [5.41, 5.74) is 0.321. The number of benzene rings is 3. The van der Waals surface area contributed by atoms with E-state index in [1.807, 2.05) is 0 Å². The molecule has 0 bridgehead atoms. The van der Waals surface area contributed by atoms with Gasteiger partial charge in [0, 0.05) is 23.5 Å². The molecule has 2 heterocycles. The van der Waals surface area contributed by atoms with Gasteiger partial charge < -0.3 is 4.74 Å².